The van der Waals surface area contributed by atoms with Gasteiger partial charge in [0.1, 0.15) is 6.79 Å². The highest BCUT2D eigenvalue weighted by Gasteiger charge is 2.34. The number of hydrogen-bond donors (Lipinski definition) is 2. The molecule has 2 heterocycles. The Morgan fingerprint density at radius 2 is 1.69 bits per heavy atom. The number of nitrogens with zero attached hydrogens (tertiary/aromatic N) is 1. The molecule has 2 fully saturated rings. The molecule has 2 saturated heterocycles. The predicted molar refractivity (Wildman–Crippen MR) is 140 cm³/mol. The third-order valence-corrected chi connectivity index (χ3v) is 8.11. The summed E-state index contributed by atoms with van der Waals surface area (Å²) in [5.74, 6) is 0. The largest absolute Gasteiger partial charge is 0.441 e. The minimum atomic E-state index is -4.14. The van der Waals surface area contributed by atoms with Crippen molar-refractivity contribution in [1.29, 1.82) is 0 Å². The Labute approximate surface area is 228 Å². The topological polar surface area (TPSA) is 133 Å². The Morgan fingerprint density at radius 1 is 1.03 bits per heavy atom. The molecule has 0 spiro atoms. The number of aliphatic hydroxyl groups excluding tert-OH is 1. The van der Waals surface area contributed by atoms with Crippen molar-refractivity contribution in [2.45, 2.75) is 55.4 Å². The first-order valence-corrected chi connectivity index (χ1v) is 14.4. The van der Waals surface area contributed by atoms with Crippen LogP contribution in [-0.4, -0.2) is 88.2 Å². The average molecular weight is 565 g/mol. The SMILES string of the molecule is Cc1ccc(S(=O)(=O)N(C[C@@H](O)[C@H](Cc2ccccc2)NC(=O)OC2COCOC2)OC2CCOCC2)cc1. The number of hydrogen-bond acceptors (Lipinski definition) is 9. The van der Waals surface area contributed by atoms with E-state index in [1.165, 1.54) is 12.1 Å². The molecule has 0 unspecified atom stereocenters. The third kappa shape index (κ3) is 8.70. The summed E-state index contributed by atoms with van der Waals surface area (Å²) in [6, 6.07) is 14.8. The van der Waals surface area contributed by atoms with E-state index in [0.29, 0.717) is 26.1 Å². The minimum Gasteiger partial charge on any atom is -0.441 e. The standard InChI is InChI=1S/C27H36N2O9S/c1-20-7-9-24(10-8-20)39(32,33)29(38-22-11-13-34-14-12-22)16-26(30)25(15-21-5-3-2-4-6-21)28-27(31)37-23-17-35-19-36-18-23/h2-10,22-23,25-26,30H,11-19H2,1H3,(H,28,31)/t25-,26+/m0/s1. The fourth-order valence-electron chi connectivity index (χ4n) is 4.28. The molecule has 2 aliphatic heterocycles. The number of rotatable bonds is 11. The van der Waals surface area contributed by atoms with Crippen LogP contribution in [0.1, 0.15) is 24.0 Å². The van der Waals surface area contributed by atoms with Crippen LogP contribution in [0.2, 0.25) is 0 Å². The molecular weight excluding hydrogens is 528 g/mol. The van der Waals surface area contributed by atoms with E-state index < -0.39 is 47.0 Å². The number of aryl methyl sites for hydroxylation is 1. The highest BCUT2D eigenvalue weighted by Crippen LogP contribution is 2.22. The quantitative estimate of drug-likeness (QED) is 0.394. The summed E-state index contributed by atoms with van der Waals surface area (Å²) in [5.41, 5.74) is 1.75. The first-order chi connectivity index (χ1) is 18.8. The second-order valence-electron chi connectivity index (χ2n) is 9.62. The molecule has 2 N–H and O–H groups in total. The van der Waals surface area contributed by atoms with E-state index in [9.17, 15) is 18.3 Å². The van der Waals surface area contributed by atoms with Crippen molar-refractivity contribution in [3.63, 3.8) is 0 Å². The van der Waals surface area contributed by atoms with Gasteiger partial charge in [-0.15, -0.1) is 0 Å². The van der Waals surface area contributed by atoms with Crippen LogP contribution in [0, 0.1) is 6.92 Å². The number of carbonyl (C=O) groups is 1. The maximum Gasteiger partial charge on any atom is 0.407 e. The zero-order valence-corrected chi connectivity index (χ0v) is 22.8. The van der Waals surface area contributed by atoms with Crippen molar-refractivity contribution in [1.82, 2.24) is 9.79 Å². The van der Waals surface area contributed by atoms with Gasteiger partial charge in [0.05, 0.1) is 42.9 Å². The molecule has 0 bridgehead atoms. The number of alkyl carbamates (subject to hydrolysis) is 1. The number of ether oxygens (including phenoxy) is 4. The van der Waals surface area contributed by atoms with Gasteiger partial charge in [0.2, 0.25) is 0 Å². The maximum atomic E-state index is 13.6. The summed E-state index contributed by atoms with van der Waals surface area (Å²) < 4.78 is 49.2. The molecule has 11 nitrogen and oxygen atoms in total. The number of benzene rings is 2. The Balaban J connectivity index is 1.53. The zero-order valence-electron chi connectivity index (χ0n) is 21.9. The van der Waals surface area contributed by atoms with Gasteiger partial charge in [-0.25, -0.2) is 13.2 Å². The number of aliphatic hydroxyl groups is 1. The Bertz CT molecular complexity index is 1140. The highest BCUT2D eigenvalue weighted by molar-refractivity contribution is 7.89. The Morgan fingerprint density at radius 3 is 2.36 bits per heavy atom. The van der Waals surface area contributed by atoms with Gasteiger partial charge >= 0.3 is 6.09 Å². The number of sulfonamides is 1. The maximum absolute atomic E-state index is 13.6. The van der Waals surface area contributed by atoms with Crippen LogP contribution in [0.3, 0.4) is 0 Å². The van der Waals surface area contributed by atoms with Crippen LogP contribution < -0.4 is 5.32 Å². The number of hydroxylamine groups is 1. The average Bonchev–Trinajstić information content (AvgIpc) is 2.94. The summed E-state index contributed by atoms with van der Waals surface area (Å²) in [6.07, 6.45) is -1.85. The summed E-state index contributed by atoms with van der Waals surface area (Å²) >= 11 is 0. The normalized spacial score (nSPS) is 18.9. The van der Waals surface area contributed by atoms with Gasteiger partial charge in [-0.1, -0.05) is 52.5 Å². The van der Waals surface area contributed by atoms with E-state index in [4.69, 9.17) is 23.8 Å². The first kappa shape index (κ1) is 29.4. The van der Waals surface area contributed by atoms with E-state index >= 15 is 0 Å². The number of carbonyl (C=O) groups excluding carboxylic acids is 1. The molecule has 1 amide bonds. The lowest BCUT2D eigenvalue weighted by Gasteiger charge is -2.32. The summed E-state index contributed by atoms with van der Waals surface area (Å²) in [5, 5.41) is 14.0. The van der Waals surface area contributed by atoms with E-state index in [1.807, 2.05) is 37.3 Å². The fourth-order valence-corrected chi connectivity index (χ4v) is 5.57. The van der Waals surface area contributed by atoms with Crippen LogP contribution >= 0.6 is 0 Å². The van der Waals surface area contributed by atoms with E-state index in [0.717, 1.165) is 15.6 Å². The number of nitrogens with one attached hydrogen (secondary N) is 1. The molecule has 214 valence electrons. The van der Waals surface area contributed by atoms with Crippen molar-refractivity contribution in [3.05, 3.63) is 65.7 Å². The van der Waals surface area contributed by atoms with Crippen LogP contribution in [0.4, 0.5) is 4.79 Å². The van der Waals surface area contributed by atoms with Crippen LogP contribution in [-0.2, 0) is 40.2 Å². The smallest absolute Gasteiger partial charge is 0.407 e. The molecule has 0 aliphatic carbocycles. The second-order valence-corrected chi connectivity index (χ2v) is 11.4. The first-order valence-electron chi connectivity index (χ1n) is 13.0. The molecule has 2 aromatic rings. The van der Waals surface area contributed by atoms with Gasteiger partial charge in [0, 0.05) is 13.2 Å². The molecule has 2 aromatic carbocycles. The second kappa shape index (κ2) is 14.2. The molecule has 12 heteroatoms. The van der Waals surface area contributed by atoms with Crippen molar-refractivity contribution >= 4 is 16.1 Å². The Hall–Kier alpha value is -2.58. The molecule has 0 saturated carbocycles. The van der Waals surface area contributed by atoms with Crippen LogP contribution in [0.25, 0.3) is 0 Å². The van der Waals surface area contributed by atoms with Crippen LogP contribution in [0.5, 0.6) is 0 Å². The summed E-state index contributed by atoms with van der Waals surface area (Å²) in [7, 11) is -4.14. The molecule has 4 rings (SSSR count). The molecule has 0 radical (unpaired) electrons. The zero-order chi connectivity index (χ0) is 27.7. The monoisotopic (exact) mass is 564 g/mol. The van der Waals surface area contributed by atoms with Gasteiger partial charge in [-0.3, -0.25) is 4.84 Å². The lowest BCUT2D eigenvalue weighted by molar-refractivity contribution is -0.170. The van der Waals surface area contributed by atoms with E-state index in [-0.39, 0.29) is 31.3 Å². The van der Waals surface area contributed by atoms with Crippen molar-refractivity contribution in [3.8, 4) is 0 Å². The molecule has 39 heavy (non-hydrogen) atoms. The fraction of sp³-hybridized carbons (Fsp3) is 0.519. The Kier molecular flexibility index (Phi) is 10.7. The predicted octanol–water partition coefficient (Wildman–Crippen LogP) is 2.17. The lowest BCUT2D eigenvalue weighted by atomic mass is 10.0. The third-order valence-electron chi connectivity index (χ3n) is 6.47. The van der Waals surface area contributed by atoms with Gasteiger partial charge < -0.3 is 29.4 Å². The molecule has 2 aliphatic rings. The van der Waals surface area contributed by atoms with Gasteiger partial charge in [-0.05, 0) is 43.9 Å². The van der Waals surface area contributed by atoms with Crippen LogP contribution in [0.15, 0.2) is 59.5 Å². The van der Waals surface area contributed by atoms with E-state index in [2.05, 4.69) is 5.32 Å². The molecule has 2 atom stereocenters. The highest BCUT2D eigenvalue weighted by atomic mass is 32.2. The van der Waals surface area contributed by atoms with Gasteiger partial charge in [-0.2, -0.15) is 0 Å². The minimum absolute atomic E-state index is 0.0386. The van der Waals surface area contributed by atoms with E-state index in [1.54, 1.807) is 12.1 Å². The summed E-state index contributed by atoms with van der Waals surface area (Å²) in [6.45, 7) is 2.87. The lowest BCUT2D eigenvalue weighted by Crippen LogP contribution is -2.52. The van der Waals surface area contributed by atoms with Gasteiger partial charge in [0.25, 0.3) is 10.0 Å². The molecular formula is C27H36N2O9S. The number of amides is 1. The van der Waals surface area contributed by atoms with Crippen molar-refractivity contribution < 1.29 is 42.1 Å². The molecule has 0 aromatic heterocycles. The van der Waals surface area contributed by atoms with Gasteiger partial charge in [0.15, 0.2) is 6.10 Å². The summed E-state index contributed by atoms with van der Waals surface area (Å²) in [4.78, 5) is 18.7. The van der Waals surface area contributed by atoms with Crippen molar-refractivity contribution in [2.75, 3.05) is 39.8 Å². The van der Waals surface area contributed by atoms with Crippen molar-refractivity contribution in [2.24, 2.45) is 0 Å².